The third-order valence-corrected chi connectivity index (χ3v) is 8.60. The van der Waals surface area contributed by atoms with Crippen LogP contribution in [-0.2, 0) is 19.1 Å². The maximum atomic E-state index is 11.1. The Morgan fingerprint density at radius 2 is 0.729 bits per heavy atom. The minimum Gasteiger partial charge on any atom is -1.00 e. The number of carbonyl (C=O) groups is 3. The Bertz CT molecular complexity index is 705. The molecule has 0 saturated heterocycles. The van der Waals surface area contributed by atoms with Crippen LogP contribution in [-0.4, -0.2) is 57.8 Å². The minimum atomic E-state index is -1.13. The quantitative estimate of drug-likeness (QED) is 0.0295. The first-order chi connectivity index (χ1) is 22.4. The summed E-state index contributed by atoms with van der Waals surface area (Å²) >= 11 is 0. The number of esters is 1. The Balaban J connectivity index is -0.000000142. The van der Waals surface area contributed by atoms with E-state index in [1.165, 1.54) is 173 Å². The monoisotopic (exact) mass is 703 g/mol. The molecule has 0 rings (SSSR count). The summed E-state index contributed by atoms with van der Waals surface area (Å²) in [5.41, 5.74) is 0. The van der Waals surface area contributed by atoms with Crippen LogP contribution in [0.2, 0.25) is 0 Å². The SMILES string of the molecule is CCCCCCCCCCCCCCCCCC(=O)O.CCCCCCCCCCCCCCCCCCOC(=O)C=CC(=O)O.[H-].[H-].[H-].[Mg+2].[Na+]. The molecule has 48 heavy (non-hydrogen) atoms. The Labute approximate surface area is 340 Å². The number of unbranched alkanes of at least 4 members (excludes halogenated alkanes) is 29. The maximum Gasteiger partial charge on any atom is 2.00 e. The fourth-order valence-corrected chi connectivity index (χ4v) is 5.66. The number of carbonyl (C=O) groups excluding carboxylic acids is 1. The zero-order valence-electron chi connectivity index (χ0n) is 35.2. The normalized spacial score (nSPS) is 10.5. The van der Waals surface area contributed by atoms with Crippen molar-refractivity contribution in [3.63, 3.8) is 0 Å². The van der Waals surface area contributed by atoms with Crippen molar-refractivity contribution in [2.24, 2.45) is 0 Å². The van der Waals surface area contributed by atoms with E-state index in [1.54, 1.807) is 0 Å². The molecule has 0 aliphatic rings. The van der Waals surface area contributed by atoms with Crippen LogP contribution in [0.5, 0.6) is 0 Å². The van der Waals surface area contributed by atoms with Gasteiger partial charge in [0.15, 0.2) is 0 Å². The molecule has 278 valence electrons. The van der Waals surface area contributed by atoms with Crippen LogP contribution in [0.25, 0.3) is 0 Å². The molecule has 0 aromatic heterocycles. The van der Waals surface area contributed by atoms with Gasteiger partial charge in [-0.05, 0) is 12.8 Å². The zero-order chi connectivity index (χ0) is 34.2. The van der Waals surface area contributed by atoms with Crippen LogP contribution in [0.1, 0.15) is 224 Å². The van der Waals surface area contributed by atoms with Crippen LogP contribution in [0.3, 0.4) is 0 Å². The molecule has 8 heteroatoms. The molecule has 0 fully saturated rings. The molecule has 0 unspecified atom stereocenters. The zero-order valence-corrected chi connectivity index (χ0v) is 35.6. The second-order valence-corrected chi connectivity index (χ2v) is 13.2. The van der Waals surface area contributed by atoms with E-state index in [2.05, 4.69) is 13.8 Å². The first-order valence-electron chi connectivity index (χ1n) is 19.7. The third-order valence-electron chi connectivity index (χ3n) is 8.60. The number of ether oxygens (including phenoxy) is 1. The molecule has 0 spiro atoms. The van der Waals surface area contributed by atoms with Crippen molar-refractivity contribution in [3.8, 4) is 0 Å². The summed E-state index contributed by atoms with van der Waals surface area (Å²) in [5, 5.41) is 16.9. The fourth-order valence-electron chi connectivity index (χ4n) is 5.66. The summed E-state index contributed by atoms with van der Waals surface area (Å²) in [4.78, 5) is 31.7. The second-order valence-electron chi connectivity index (χ2n) is 13.2. The molecule has 0 radical (unpaired) electrons. The van der Waals surface area contributed by atoms with Gasteiger partial charge in [-0.15, -0.1) is 0 Å². The largest absolute Gasteiger partial charge is 2.00 e. The molecular weight excluding hydrogens is 624 g/mol. The number of aliphatic carboxylic acids is 2. The molecular formula is C40H79MgNaO6. The smallest absolute Gasteiger partial charge is 1.00 e. The molecule has 0 bridgehead atoms. The molecule has 0 heterocycles. The molecule has 0 atom stereocenters. The average molecular weight is 703 g/mol. The summed E-state index contributed by atoms with van der Waals surface area (Å²) in [6.07, 6.45) is 42.9. The van der Waals surface area contributed by atoms with Crippen LogP contribution in [0.15, 0.2) is 12.2 Å². The molecule has 0 aliphatic carbocycles. The van der Waals surface area contributed by atoms with E-state index in [0.717, 1.165) is 37.8 Å². The number of hydrogen-bond donors (Lipinski definition) is 2. The Kier molecular flexibility index (Phi) is 55.9. The van der Waals surface area contributed by atoms with Gasteiger partial charge in [0.1, 0.15) is 0 Å². The molecule has 2 N–H and O–H groups in total. The molecule has 0 aliphatic heterocycles. The molecule has 0 aromatic carbocycles. The third kappa shape index (κ3) is 55.3. The van der Waals surface area contributed by atoms with E-state index in [0.29, 0.717) is 13.0 Å². The van der Waals surface area contributed by atoms with Gasteiger partial charge < -0.3 is 19.2 Å². The predicted octanol–water partition coefficient (Wildman–Crippen LogP) is 9.73. The first kappa shape index (κ1) is 54.7. The van der Waals surface area contributed by atoms with Crippen molar-refractivity contribution >= 4 is 41.0 Å². The van der Waals surface area contributed by atoms with Crippen molar-refractivity contribution in [2.75, 3.05) is 6.61 Å². The molecule has 0 saturated carbocycles. The van der Waals surface area contributed by atoms with Gasteiger partial charge in [-0.3, -0.25) is 4.79 Å². The summed E-state index contributed by atoms with van der Waals surface area (Å²) in [6, 6.07) is 0. The molecule has 0 aromatic rings. The summed E-state index contributed by atoms with van der Waals surface area (Å²) in [5.74, 6) is -2.36. The van der Waals surface area contributed by atoms with Crippen molar-refractivity contribution < 1.29 is 63.2 Å². The number of carboxylic acids is 2. The average Bonchev–Trinajstić information content (AvgIpc) is 3.03. The summed E-state index contributed by atoms with van der Waals surface area (Å²) in [6.45, 7) is 4.91. The predicted molar refractivity (Wildman–Crippen MR) is 204 cm³/mol. The van der Waals surface area contributed by atoms with E-state index >= 15 is 0 Å². The van der Waals surface area contributed by atoms with Crippen molar-refractivity contribution in [3.05, 3.63) is 12.2 Å². The topological polar surface area (TPSA) is 101 Å². The van der Waals surface area contributed by atoms with Crippen LogP contribution in [0.4, 0.5) is 0 Å². The molecule has 0 amide bonds. The van der Waals surface area contributed by atoms with E-state index in [1.807, 2.05) is 0 Å². The number of hydrogen-bond acceptors (Lipinski definition) is 4. The van der Waals surface area contributed by atoms with Gasteiger partial charge in [0.05, 0.1) is 6.61 Å². The van der Waals surface area contributed by atoms with Crippen molar-refractivity contribution in [1.29, 1.82) is 0 Å². The van der Waals surface area contributed by atoms with Gasteiger partial charge in [-0.1, -0.05) is 200 Å². The first-order valence-corrected chi connectivity index (χ1v) is 19.7. The van der Waals surface area contributed by atoms with Crippen LogP contribution in [0, 0.1) is 0 Å². The molecule has 6 nitrogen and oxygen atoms in total. The number of rotatable bonds is 35. The van der Waals surface area contributed by atoms with Gasteiger partial charge in [0, 0.05) is 18.6 Å². The Morgan fingerprint density at radius 3 is 1.00 bits per heavy atom. The van der Waals surface area contributed by atoms with E-state index in [-0.39, 0.29) is 56.9 Å². The van der Waals surface area contributed by atoms with Crippen molar-refractivity contribution in [2.45, 2.75) is 219 Å². The van der Waals surface area contributed by atoms with Crippen LogP contribution < -0.4 is 29.6 Å². The van der Waals surface area contributed by atoms with Gasteiger partial charge in [-0.2, -0.15) is 0 Å². The van der Waals surface area contributed by atoms with Crippen LogP contribution >= 0.6 is 0 Å². The Morgan fingerprint density at radius 1 is 0.458 bits per heavy atom. The van der Waals surface area contributed by atoms with Gasteiger partial charge in [0.25, 0.3) is 0 Å². The van der Waals surface area contributed by atoms with Gasteiger partial charge in [-0.25, -0.2) is 9.59 Å². The summed E-state index contributed by atoms with van der Waals surface area (Å²) in [7, 11) is 0. The summed E-state index contributed by atoms with van der Waals surface area (Å²) < 4.78 is 4.92. The minimum absolute atomic E-state index is 0. The van der Waals surface area contributed by atoms with E-state index in [4.69, 9.17) is 14.9 Å². The Hall–Kier alpha value is -0.0838. The number of carboxylic acid groups (broad SMARTS) is 2. The van der Waals surface area contributed by atoms with Crippen molar-refractivity contribution in [1.82, 2.24) is 0 Å². The fraction of sp³-hybridized carbons (Fsp3) is 0.875. The van der Waals surface area contributed by atoms with Gasteiger partial charge >= 0.3 is 70.5 Å². The second kappa shape index (κ2) is 49.0. The van der Waals surface area contributed by atoms with E-state index < -0.39 is 17.9 Å². The van der Waals surface area contributed by atoms with E-state index in [9.17, 15) is 14.4 Å². The standard InChI is InChI=1S/C22H40O4.C18H36O2.Mg.Na.3H/c1-2-3-4-5-6-7-8-9-10-11-12-13-14-15-16-17-20-26-22(25)19-18-21(23)24;1-2-3-4-5-6-7-8-9-10-11-12-13-14-15-16-17-18(19)20;;;;;/h18-19H,2-17,20H2,1H3,(H,23,24);2-17H2,1H3,(H,19,20);;;;;/q;;+2;+1;3*-1. The maximum absolute atomic E-state index is 11.1. The van der Waals surface area contributed by atoms with Gasteiger partial charge in [0.2, 0.25) is 0 Å².